The summed E-state index contributed by atoms with van der Waals surface area (Å²) in [6.07, 6.45) is 1.19. The molecule has 8 heteroatoms. The highest BCUT2D eigenvalue weighted by Gasteiger charge is 2.46. The number of nitrogens with zero attached hydrogens (tertiary/aromatic N) is 2. The molecule has 138 valence electrons. The molecule has 2 aliphatic heterocycles. The number of likely N-dealkylation sites (tertiary alicyclic amines) is 1. The van der Waals surface area contributed by atoms with Crippen LogP contribution in [0.2, 0.25) is 0 Å². The number of anilines is 1. The van der Waals surface area contributed by atoms with Crippen LogP contribution in [0.5, 0.6) is 0 Å². The lowest BCUT2D eigenvalue weighted by Crippen LogP contribution is -2.37. The minimum absolute atomic E-state index is 0.0800. The van der Waals surface area contributed by atoms with Crippen molar-refractivity contribution in [1.29, 1.82) is 0 Å². The first-order valence-electron chi connectivity index (χ1n) is 8.61. The van der Waals surface area contributed by atoms with Crippen LogP contribution in [0.1, 0.15) is 12.8 Å². The van der Waals surface area contributed by atoms with Crippen molar-refractivity contribution in [2.24, 2.45) is 5.92 Å². The lowest BCUT2D eigenvalue weighted by Gasteiger charge is -2.22. The fourth-order valence-electron chi connectivity index (χ4n) is 3.63. The maximum Gasteiger partial charge on any atom is 0.321 e. The van der Waals surface area contributed by atoms with Crippen molar-refractivity contribution in [3.8, 4) is 0 Å². The van der Waals surface area contributed by atoms with Gasteiger partial charge in [-0.2, -0.15) is 4.31 Å². The normalized spacial score (nSPS) is 26.0. The molecule has 0 unspecified atom stereocenters. The van der Waals surface area contributed by atoms with Crippen LogP contribution < -0.4 is 5.32 Å². The third-order valence-corrected chi connectivity index (χ3v) is 7.45. The smallest absolute Gasteiger partial charge is 0.321 e. The first-order chi connectivity index (χ1) is 12.0. The molecule has 7 nitrogen and oxygen atoms in total. The van der Waals surface area contributed by atoms with E-state index >= 15 is 0 Å². The van der Waals surface area contributed by atoms with Crippen LogP contribution in [-0.2, 0) is 14.8 Å². The van der Waals surface area contributed by atoms with E-state index in [1.165, 1.54) is 0 Å². The second-order valence-corrected chi connectivity index (χ2v) is 8.71. The lowest BCUT2D eigenvalue weighted by atomic mass is 10.0. The van der Waals surface area contributed by atoms with Crippen molar-refractivity contribution < 1.29 is 17.9 Å². The summed E-state index contributed by atoms with van der Waals surface area (Å²) in [5, 5.41) is 2.48. The van der Waals surface area contributed by atoms with E-state index in [2.05, 4.69) is 5.32 Å². The van der Waals surface area contributed by atoms with E-state index in [9.17, 15) is 13.2 Å². The molecule has 1 aromatic carbocycles. The van der Waals surface area contributed by atoms with E-state index in [1.807, 2.05) is 30.3 Å². The van der Waals surface area contributed by atoms with Gasteiger partial charge in [-0.05, 0) is 30.9 Å². The standard InChI is InChI=1S/C17H25N3O4S/c1-24-12-11-20-13-14-7-9-19(10-8-16(14)25(20,22)23)17(21)18-15-5-3-2-4-6-15/h2-6,14,16H,7-13H2,1H3,(H,18,21)/t14-,16-/m0/s1. The van der Waals surface area contributed by atoms with Gasteiger partial charge in [-0.1, -0.05) is 18.2 Å². The number of rotatable bonds is 4. The van der Waals surface area contributed by atoms with E-state index in [0.29, 0.717) is 45.6 Å². The Hall–Kier alpha value is -1.64. The number of hydrogen-bond acceptors (Lipinski definition) is 4. The number of sulfonamides is 1. The number of nitrogens with one attached hydrogen (secondary N) is 1. The van der Waals surface area contributed by atoms with Gasteiger partial charge in [0.1, 0.15) is 0 Å². The van der Waals surface area contributed by atoms with Crippen LogP contribution in [-0.4, -0.2) is 68.8 Å². The molecule has 2 amide bonds. The van der Waals surface area contributed by atoms with E-state index in [0.717, 1.165) is 5.69 Å². The first-order valence-corrected chi connectivity index (χ1v) is 10.1. The molecule has 0 bridgehead atoms. The van der Waals surface area contributed by atoms with E-state index in [1.54, 1.807) is 16.3 Å². The number of fused-ring (bicyclic) bond motifs is 1. The van der Waals surface area contributed by atoms with Crippen molar-refractivity contribution in [3.05, 3.63) is 30.3 Å². The first kappa shape index (κ1) is 18.2. The van der Waals surface area contributed by atoms with Crippen LogP contribution in [0.15, 0.2) is 30.3 Å². The molecule has 0 spiro atoms. The fraction of sp³-hybridized carbons (Fsp3) is 0.588. The lowest BCUT2D eigenvalue weighted by molar-refractivity contribution is 0.178. The second kappa shape index (κ2) is 7.72. The van der Waals surface area contributed by atoms with Gasteiger partial charge in [0.05, 0.1) is 11.9 Å². The predicted octanol–water partition coefficient (Wildman–Crippen LogP) is 1.59. The number of ether oxygens (including phenoxy) is 1. The van der Waals surface area contributed by atoms with Gasteiger partial charge in [-0.3, -0.25) is 0 Å². The number of hydrogen-bond donors (Lipinski definition) is 1. The Morgan fingerprint density at radius 1 is 1.24 bits per heavy atom. The van der Waals surface area contributed by atoms with Crippen LogP contribution in [0.25, 0.3) is 0 Å². The van der Waals surface area contributed by atoms with E-state index < -0.39 is 10.0 Å². The minimum Gasteiger partial charge on any atom is -0.383 e. The van der Waals surface area contributed by atoms with Gasteiger partial charge in [0, 0.05) is 39.0 Å². The monoisotopic (exact) mass is 367 g/mol. The Kier molecular flexibility index (Phi) is 5.61. The van der Waals surface area contributed by atoms with Crippen molar-refractivity contribution >= 4 is 21.7 Å². The zero-order valence-electron chi connectivity index (χ0n) is 14.4. The summed E-state index contributed by atoms with van der Waals surface area (Å²) in [7, 11) is -1.72. The summed E-state index contributed by atoms with van der Waals surface area (Å²) in [4.78, 5) is 14.2. The molecule has 0 radical (unpaired) electrons. The number of benzene rings is 1. The van der Waals surface area contributed by atoms with Crippen molar-refractivity contribution in [1.82, 2.24) is 9.21 Å². The molecular weight excluding hydrogens is 342 g/mol. The third-order valence-electron chi connectivity index (χ3n) is 5.02. The fourth-order valence-corrected chi connectivity index (χ4v) is 5.86. The number of amides is 2. The summed E-state index contributed by atoms with van der Waals surface area (Å²) < 4.78 is 32.0. The van der Waals surface area contributed by atoms with Gasteiger partial charge in [-0.25, -0.2) is 13.2 Å². The van der Waals surface area contributed by atoms with E-state index in [-0.39, 0.29) is 17.2 Å². The minimum atomic E-state index is -3.30. The third kappa shape index (κ3) is 3.96. The maximum absolute atomic E-state index is 12.7. The molecule has 3 rings (SSSR count). The zero-order valence-corrected chi connectivity index (χ0v) is 15.2. The van der Waals surface area contributed by atoms with Crippen LogP contribution in [0.3, 0.4) is 0 Å². The van der Waals surface area contributed by atoms with Gasteiger partial charge in [0.25, 0.3) is 0 Å². The number of methoxy groups -OCH3 is 1. The zero-order chi connectivity index (χ0) is 17.9. The molecule has 1 aromatic rings. The maximum atomic E-state index is 12.7. The molecule has 25 heavy (non-hydrogen) atoms. The quantitative estimate of drug-likeness (QED) is 0.877. The molecule has 2 fully saturated rings. The largest absolute Gasteiger partial charge is 0.383 e. The second-order valence-electron chi connectivity index (χ2n) is 6.55. The molecule has 1 N–H and O–H groups in total. The highest BCUT2D eigenvalue weighted by molar-refractivity contribution is 7.90. The molecule has 0 aliphatic carbocycles. The molecule has 2 saturated heterocycles. The average molecular weight is 367 g/mol. The van der Waals surface area contributed by atoms with Crippen molar-refractivity contribution in [2.45, 2.75) is 18.1 Å². The van der Waals surface area contributed by atoms with Gasteiger partial charge in [0.2, 0.25) is 10.0 Å². The van der Waals surface area contributed by atoms with Gasteiger partial charge in [0.15, 0.2) is 0 Å². The van der Waals surface area contributed by atoms with E-state index in [4.69, 9.17) is 4.74 Å². The summed E-state index contributed by atoms with van der Waals surface area (Å²) in [6, 6.07) is 9.13. The summed E-state index contributed by atoms with van der Waals surface area (Å²) in [5.74, 6) is 0.0800. The Balaban J connectivity index is 1.62. The number of para-hydroxylation sites is 1. The van der Waals surface area contributed by atoms with Crippen LogP contribution in [0, 0.1) is 5.92 Å². The summed E-state index contributed by atoms with van der Waals surface area (Å²) in [5.41, 5.74) is 0.746. The molecule has 0 saturated carbocycles. The molecule has 2 aliphatic rings. The highest BCUT2D eigenvalue weighted by Crippen LogP contribution is 2.34. The average Bonchev–Trinajstić information content (AvgIpc) is 2.75. The number of carbonyl (C=O) groups excluding carboxylic acids is 1. The van der Waals surface area contributed by atoms with Gasteiger partial charge < -0.3 is 15.0 Å². The Morgan fingerprint density at radius 2 is 1.96 bits per heavy atom. The number of urea groups is 1. The number of carbonyl (C=O) groups is 1. The Labute approximate surface area is 149 Å². The topological polar surface area (TPSA) is 79.0 Å². The molecule has 0 aromatic heterocycles. The van der Waals surface area contributed by atoms with Crippen molar-refractivity contribution in [3.63, 3.8) is 0 Å². The van der Waals surface area contributed by atoms with Gasteiger partial charge >= 0.3 is 6.03 Å². The Bertz CT molecular complexity index is 695. The molecule has 2 heterocycles. The predicted molar refractivity (Wildman–Crippen MR) is 95.9 cm³/mol. The highest BCUT2D eigenvalue weighted by atomic mass is 32.2. The van der Waals surface area contributed by atoms with Crippen molar-refractivity contribution in [2.75, 3.05) is 45.2 Å². The molecular formula is C17H25N3O4S. The van der Waals surface area contributed by atoms with Crippen LogP contribution >= 0.6 is 0 Å². The Morgan fingerprint density at radius 3 is 2.68 bits per heavy atom. The SMILES string of the molecule is COCCN1C[C@@H]2CCN(C(=O)Nc3ccccc3)CC[C@@H]2S1(=O)=O. The van der Waals surface area contributed by atoms with Gasteiger partial charge in [-0.15, -0.1) is 0 Å². The summed E-state index contributed by atoms with van der Waals surface area (Å²) >= 11 is 0. The summed E-state index contributed by atoms with van der Waals surface area (Å²) in [6.45, 7) is 2.38. The molecule has 2 atom stereocenters. The van der Waals surface area contributed by atoms with Crippen LogP contribution in [0.4, 0.5) is 10.5 Å².